The van der Waals surface area contributed by atoms with Crippen molar-refractivity contribution < 1.29 is 17.9 Å². The third-order valence-corrected chi connectivity index (χ3v) is 3.70. The Balaban J connectivity index is 2.11. The summed E-state index contributed by atoms with van der Waals surface area (Å²) in [6.07, 6.45) is -1.58. The quantitative estimate of drug-likeness (QED) is 0.655. The van der Waals surface area contributed by atoms with E-state index in [9.17, 15) is 13.2 Å². The molecule has 1 N–H and O–H groups in total. The number of methoxy groups -OCH3 is 1. The Morgan fingerprint density at radius 2 is 1.92 bits per heavy atom. The minimum absolute atomic E-state index is 0.0399. The van der Waals surface area contributed by atoms with Crippen molar-refractivity contribution in [3.8, 4) is 5.75 Å². The second-order valence-electron chi connectivity index (χ2n) is 5.18. The van der Waals surface area contributed by atoms with Gasteiger partial charge in [-0.15, -0.1) is 0 Å². The Labute approximate surface area is 141 Å². The van der Waals surface area contributed by atoms with Crippen molar-refractivity contribution in [2.75, 3.05) is 7.11 Å². The molecule has 0 atom stereocenters. The summed E-state index contributed by atoms with van der Waals surface area (Å²) >= 11 is 0. The molecule has 0 saturated heterocycles. The van der Waals surface area contributed by atoms with E-state index in [0.717, 1.165) is 6.07 Å². The Morgan fingerprint density at radius 3 is 2.60 bits per heavy atom. The maximum absolute atomic E-state index is 13.1. The Hall–Kier alpha value is -3.27. The molecule has 0 amide bonds. The van der Waals surface area contributed by atoms with Crippen molar-refractivity contribution in [3.05, 3.63) is 64.6 Å². The largest absolute Gasteiger partial charge is 0.507 e. The van der Waals surface area contributed by atoms with Gasteiger partial charge in [0.2, 0.25) is 5.69 Å². The standard InChI is InChI=1S/C18H12F3N3O/c1-22-15-10-9-14-16(17(15)25-2)13(23-24-14)8-7-11-5-3-4-6-12(11)18(19,20)21/h3-10H,2H3,(H,23,24). The number of aromatic amines is 1. The van der Waals surface area contributed by atoms with E-state index in [4.69, 9.17) is 11.3 Å². The summed E-state index contributed by atoms with van der Waals surface area (Å²) in [6.45, 7) is 7.19. The van der Waals surface area contributed by atoms with Crippen molar-refractivity contribution in [1.82, 2.24) is 10.2 Å². The molecule has 1 aromatic heterocycles. The monoisotopic (exact) mass is 343 g/mol. The lowest BCUT2D eigenvalue weighted by atomic mass is 10.1. The lowest BCUT2D eigenvalue weighted by Gasteiger charge is -2.09. The van der Waals surface area contributed by atoms with Crippen LogP contribution in [0.5, 0.6) is 5.75 Å². The minimum Gasteiger partial charge on any atom is -0.507 e. The summed E-state index contributed by atoms with van der Waals surface area (Å²) in [5.74, 6) is 0.338. The molecule has 3 aromatic rings. The number of aromatic nitrogens is 2. The van der Waals surface area contributed by atoms with Crippen LogP contribution in [0.4, 0.5) is 18.9 Å². The Bertz CT molecular complexity index is 997. The molecule has 1 heterocycles. The second kappa shape index (κ2) is 6.32. The molecule has 2 aromatic carbocycles. The molecular formula is C18H12F3N3O. The van der Waals surface area contributed by atoms with Gasteiger partial charge in [0.05, 0.1) is 35.8 Å². The van der Waals surface area contributed by atoms with Crippen LogP contribution in [0.2, 0.25) is 0 Å². The number of rotatable bonds is 3. The molecule has 0 spiro atoms. The lowest BCUT2D eigenvalue weighted by Crippen LogP contribution is -2.06. The SMILES string of the molecule is [C-]#[N+]c1ccc2n[nH]c(C=Cc3ccccc3C(F)(F)F)c2c1OC. The van der Waals surface area contributed by atoms with Gasteiger partial charge in [0, 0.05) is 0 Å². The molecule has 3 rings (SSSR count). The van der Waals surface area contributed by atoms with Gasteiger partial charge in [-0.1, -0.05) is 30.3 Å². The van der Waals surface area contributed by atoms with Gasteiger partial charge in [-0.3, -0.25) is 5.10 Å². The van der Waals surface area contributed by atoms with Crippen molar-refractivity contribution in [1.29, 1.82) is 0 Å². The van der Waals surface area contributed by atoms with Crippen molar-refractivity contribution in [2.45, 2.75) is 6.18 Å². The van der Waals surface area contributed by atoms with Gasteiger partial charge >= 0.3 is 6.18 Å². The molecular weight excluding hydrogens is 331 g/mol. The van der Waals surface area contributed by atoms with Gasteiger partial charge in [0.25, 0.3) is 0 Å². The molecule has 0 saturated carbocycles. The van der Waals surface area contributed by atoms with Crippen LogP contribution in [-0.2, 0) is 6.18 Å². The summed E-state index contributed by atoms with van der Waals surface area (Å²) in [5.41, 5.74) is 0.658. The number of hydrogen-bond acceptors (Lipinski definition) is 2. The van der Waals surface area contributed by atoms with Crippen LogP contribution in [0.3, 0.4) is 0 Å². The number of hydrogen-bond donors (Lipinski definition) is 1. The number of halogens is 3. The maximum Gasteiger partial charge on any atom is 0.416 e. The fraction of sp³-hybridized carbons (Fsp3) is 0.111. The molecule has 0 aliphatic rings. The molecule has 25 heavy (non-hydrogen) atoms. The highest BCUT2D eigenvalue weighted by atomic mass is 19.4. The first-order valence-electron chi connectivity index (χ1n) is 7.22. The van der Waals surface area contributed by atoms with Crippen LogP contribution in [0, 0.1) is 6.57 Å². The predicted molar refractivity (Wildman–Crippen MR) is 89.3 cm³/mol. The first kappa shape index (κ1) is 16.6. The number of nitrogens with one attached hydrogen (secondary N) is 1. The zero-order valence-electron chi connectivity index (χ0n) is 13.1. The van der Waals surface area contributed by atoms with Gasteiger partial charge in [-0.05, 0) is 23.8 Å². The maximum atomic E-state index is 13.1. The van der Waals surface area contributed by atoms with Gasteiger partial charge in [-0.2, -0.15) is 18.3 Å². The van der Waals surface area contributed by atoms with Crippen molar-refractivity contribution >= 4 is 28.7 Å². The Morgan fingerprint density at radius 1 is 1.16 bits per heavy atom. The fourth-order valence-electron chi connectivity index (χ4n) is 2.58. The predicted octanol–water partition coefficient (Wildman–Crippen LogP) is 5.31. The highest BCUT2D eigenvalue weighted by Crippen LogP contribution is 2.38. The molecule has 7 heteroatoms. The second-order valence-corrected chi connectivity index (χ2v) is 5.18. The summed E-state index contributed by atoms with van der Waals surface area (Å²) in [6, 6.07) is 8.54. The van der Waals surface area contributed by atoms with Gasteiger partial charge in [-0.25, -0.2) is 4.85 Å². The van der Waals surface area contributed by atoms with Crippen LogP contribution in [0.1, 0.15) is 16.8 Å². The molecule has 0 radical (unpaired) electrons. The fourth-order valence-corrected chi connectivity index (χ4v) is 2.58. The zero-order valence-corrected chi connectivity index (χ0v) is 13.1. The molecule has 0 fully saturated rings. The average molecular weight is 343 g/mol. The van der Waals surface area contributed by atoms with Crippen molar-refractivity contribution in [2.24, 2.45) is 0 Å². The van der Waals surface area contributed by atoms with Crippen molar-refractivity contribution in [3.63, 3.8) is 0 Å². The average Bonchev–Trinajstić information content (AvgIpc) is 3.01. The first-order chi connectivity index (χ1) is 12.0. The van der Waals surface area contributed by atoms with Crippen LogP contribution in [-0.4, -0.2) is 17.3 Å². The summed E-state index contributed by atoms with van der Waals surface area (Å²) in [4.78, 5) is 3.39. The Kier molecular flexibility index (Phi) is 4.19. The van der Waals surface area contributed by atoms with E-state index in [1.165, 1.54) is 37.5 Å². The normalized spacial score (nSPS) is 11.8. The summed E-state index contributed by atoms with van der Waals surface area (Å²) < 4.78 is 44.5. The lowest BCUT2D eigenvalue weighted by molar-refractivity contribution is -0.137. The third kappa shape index (κ3) is 3.06. The molecule has 126 valence electrons. The van der Waals surface area contributed by atoms with E-state index in [2.05, 4.69) is 15.0 Å². The third-order valence-electron chi connectivity index (χ3n) is 3.70. The topological polar surface area (TPSA) is 42.3 Å². The van der Waals surface area contributed by atoms with E-state index in [1.54, 1.807) is 12.1 Å². The highest BCUT2D eigenvalue weighted by molar-refractivity contribution is 5.98. The number of ether oxygens (including phenoxy) is 1. The highest BCUT2D eigenvalue weighted by Gasteiger charge is 2.32. The number of H-pyrrole nitrogens is 1. The molecule has 4 nitrogen and oxygen atoms in total. The number of nitrogens with zero attached hydrogens (tertiary/aromatic N) is 2. The van der Waals surface area contributed by atoms with Crippen LogP contribution in [0.15, 0.2) is 36.4 Å². The smallest absolute Gasteiger partial charge is 0.416 e. The number of benzene rings is 2. The summed E-state index contributed by atoms with van der Waals surface area (Å²) in [5, 5.41) is 7.42. The first-order valence-corrected chi connectivity index (χ1v) is 7.22. The number of alkyl halides is 3. The molecule has 0 aliphatic heterocycles. The van der Waals surface area contributed by atoms with E-state index in [0.29, 0.717) is 28.0 Å². The summed E-state index contributed by atoms with van der Waals surface area (Å²) in [7, 11) is 1.43. The molecule has 0 aliphatic carbocycles. The van der Waals surface area contributed by atoms with Gasteiger partial charge in [0.15, 0.2) is 0 Å². The van der Waals surface area contributed by atoms with Crippen LogP contribution in [0.25, 0.3) is 27.9 Å². The minimum atomic E-state index is -4.44. The van der Waals surface area contributed by atoms with E-state index >= 15 is 0 Å². The van der Waals surface area contributed by atoms with Gasteiger partial charge in [0.1, 0.15) is 5.75 Å². The van der Waals surface area contributed by atoms with E-state index < -0.39 is 11.7 Å². The number of fused-ring (bicyclic) bond motifs is 1. The van der Waals surface area contributed by atoms with Crippen LogP contribution < -0.4 is 4.74 Å². The van der Waals surface area contributed by atoms with E-state index in [-0.39, 0.29) is 5.56 Å². The molecule has 0 unspecified atom stereocenters. The van der Waals surface area contributed by atoms with E-state index in [1.807, 2.05) is 0 Å². The van der Waals surface area contributed by atoms with Crippen LogP contribution >= 0.6 is 0 Å². The molecule has 0 bridgehead atoms. The zero-order chi connectivity index (χ0) is 18.0. The van der Waals surface area contributed by atoms with Gasteiger partial charge < -0.3 is 4.74 Å².